The van der Waals surface area contributed by atoms with Crippen molar-refractivity contribution in [1.29, 1.82) is 0 Å². The van der Waals surface area contributed by atoms with E-state index in [1.54, 1.807) is 11.6 Å². The summed E-state index contributed by atoms with van der Waals surface area (Å²) in [6.45, 7) is 5.92. The summed E-state index contributed by atoms with van der Waals surface area (Å²) in [6, 6.07) is 5.82. The van der Waals surface area contributed by atoms with Gasteiger partial charge in [-0.2, -0.15) is 4.98 Å². The number of benzene rings is 1. The molecule has 3 heterocycles. The Morgan fingerprint density at radius 1 is 1.03 bits per heavy atom. The van der Waals surface area contributed by atoms with Gasteiger partial charge in [-0.3, -0.25) is 13.9 Å². The van der Waals surface area contributed by atoms with Crippen LogP contribution in [0, 0.1) is 13.8 Å². The Morgan fingerprint density at radius 2 is 1.73 bits per heavy atom. The van der Waals surface area contributed by atoms with Crippen LogP contribution in [0.5, 0.6) is 5.75 Å². The lowest BCUT2D eigenvalue weighted by molar-refractivity contribution is 0.0936. The van der Waals surface area contributed by atoms with Crippen LogP contribution in [0.3, 0.4) is 0 Å². The molecule has 3 aromatic rings. The van der Waals surface area contributed by atoms with Gasteiger partial charge in [0, 0.05) is 27.2 Å². The van der Waals surface area contributed by atoms with Crippen LogP contribution in [0.2, 0.25) is 0 Å². The molecule has 0 radical (unpaired) electrons. The Hall–Kier alpha value is -3.07. The van der Waals surface area contributed by atoms with Crippen molar-refractivity contribution in [2.75, 3.05) is 24.6 Å². The molecule has 1 fully saturated rings. The lowest BCUT2D eigenvalue weighted by atomic mass is 10.1. The van der Waals surface area contributed by atoms with E-state index in [1.165, 1.54) is 17.2 Å². The van der Waals surface area contributed by atoms with Crippen molar-refractivity contribution in [2.24, 2.45) is 14.1 Å². The maximum Gasteiger partial charge on any atom is 0.332 e. The van der Waals surface area contributed by atoms with E-state index in [0.717, 1.165) is 48.9 Å². The largest absolute Gasteiger partial charge is 0.491 e. The van der Waals surface area contributed by atoms with E-state index in [9.17, 15) is 14.7 Å². The Kier molecular flexibility index (Phi) is 6.60. The van der Waals surface area contributed by atoms with E-state index in [2.05, 4.69) is 4.90 Å². The molecule has 0 amide bonds. The summed E-state index contributed by atoms with van der Waals surface area (Å²) in [4.78, 5) is 32.4. The molecular formula is C24H33N5O4. The molecule has 0 aliphatic carbocycles. The van der Waals surface area contributed by atoms with Crippen LogP contribution in [-0.2, 0) is 20.6 Å². The predicted molar refractivity (Wildman–Crippen MR) is 128 cm³/mol. The van der Waals surface area contributed by atoms with E-state index in [0.29, 0.717) is 22.9 Å². The molecule has 1 unspecified atom stereocenters. The van der Waals surface area contributed by atoms with Gasteiger partial charge in [-0.25, -0.2) is 4.79 Å². The molecule has 1 aromatic carbocycles. The highest BCUT2D eigenvalue weighted by molar-refractivity contribution is 5.74. The first-order valence-corrected chi connectivity index (χ1v) is 11.6. The van der Waals surface area contributed by atoms with E-state index in [1.807, 2.05) is 32.0 Å². The Balaban J connectivity index is 1.69. The molecule has 9 nitrogen and oxygen atoms in total. The fourth-order valence-electron chi connectivity index (χ4n) is 4.38. The molecule has 0 bridgehead atoms. The number of hydrogen-bond acceptors (Lipinski definition) is 6. The fraction of sp³-hybridized carbons (Fsp3) is 0.542. The van der Waals surface area contributed by atoms with Crippen molar-refractivity contribution < 1.29 is 9.84 Å². The average molecular weight is 456 g/mol. The predicted octanol–water partition coefficient (Wildman–Crippen LogP) is 1.87. The summed E-state index contributed by atoms with van der Waals surface area (Å²) in [5.74, 6) is 1.31. The molecule has 1 aliphatic heterocycles. The zero-order valence-electron chi connectivity index (χ0n) is 19.9. The van der Waals surface area contributed by atoms with Crippen LogP contribution in [0.4, 0.5) is 5.95 Å². The van der Waals surface area contributed by atoms with Crippen LogP contribution in [0.15, 0.2) is 27.8 Å². The highest BCUT2D eigenvalue weighted by Gasteiger charge is 2.25. The number of aliphatic hydroxyl groups excluding tert-OH is 1. The van der Waals surface area contributed by atoms with Gasteiger partial charge >= 0.3 is 5.69 Å². The number of hydrogen-bond donors (Lipinski definition) is 1. The summed E-state index contributed by atoms with van der Waals surface area (Å²) in [6.07, 6.45) is 3.53. The number of nitrogens with zero attached hydrogens (tertiary/aromatic N) is 5. The van der Waals surface area contributed by atoms with E-state index < -0.39 is 17.4 Å². The molecule has 1 N–H and O–H groups in total. The molecule has 33 heavy (non-hydrogen) atoms. The first-order valence-electron chi connectivity index (χ1n) is 11.6. The van der Waals surface area contributed by atoms with Gasteiger partial charge in [0.2, 0.25) is 5.95 Å². The Labute approximate surface area is 192 Å². The van der Waals surface area contributed by atoms with Gasteiger partial charge in [-0.05, 0) is 49.9 Å². The monoisotopic (exact) mass is 455 g/mol. The van der Waals surface area contributed by atoms with E-state index in [4.69, 9.17) is 9.72 Å². The van der Waals surface area contributed by atoms with Crippen molar-refractivity contribution in [2.45, 2.75) is 52.2 Å². The second-order valence-corrected chi connectivity index (χ2v) is 9.01. The van der Waals surface area contributed by atoms with Crippen molar-refractivity contribution >= 4 is 17.1 Å². The first-order chi connectivity index (χ1) is 15.8. The minimum Gasteiger partial charge on any atom is -0.491 e. The summed E-state index contributed by atoms with van der Waals surface area (Å²) in [7, 11) is 3.08. The summed E-state index contributed by atoms with van der Waals surface area (Å²) in [5.41, 5.74) is 2.13. The number of imidazole rings is 1. The standard InChI is InChI=1S/C24H33N5O4/c1-16-9-10-19(13-17(16)2)33-15-18(30)14-29-20-21(26(3)24(32)27(4)22(20)31)25-23(29)28-11-7-5-6-8-12-28/h9-10,13,18,30H,5-8,11-12,14-15H2,1-4H3. The van der Waals surface area contributed by atoms with Crippen molar-refractivity contribution in [3.05, 3.63) is 50.2 Å². The third-order valence-corrected chi connectivity index (χ3v) is 6.53. The smallest absolute Gasteiger partial charge is 0.332 e. The molecule has 2 aromatic heterocycles. The topological polar surface area (TPSA) is 94.5 Å². The molecule has 1 saturated heterocycles. The quantitative estimate of drug-likeness (QED) is 0.610. The third kappa shape index (κ3) is 4.55. The number of fused-ring (bicyclic) bond motifs is 1. The number of ether oxygens (including phenoxy) is 1. The van der Waals surface area contributed by atoms with Crippen molar-refractivity contribution in [3.63, 3.8) is 0 Å². The zero-order chi connectivity index (χ0) is 23.7. The summed E-state index contributed by atoms with van der Waals surface area (Å²) < 4.78 is 10.1. The molecule has 1 aliphatic rings. The van der Waals surface area contributed by atoms with Crippen LogP contribution in [0.25, 0.3) is 11.2 Å². The first kappa shape index (κ1) is 23.1. The number of aryl methyl sites for hydroxylation is 3. The van der Waals surface area contributed by atoms with Crippen LogP contribution < -0.4 is 20.9 Å². The number of aromatic nitrogens is 4. The second-order valence-electron chi connectivity index (χ2n) is 9.01. The SMILES string of the molecule is Cc1ccc(OCC(O)Cn2c(N3CCCCCC3)nc3c2c(=O)n(C)c(=O)n3C)cc1C. The Bertz CT molecular complexity index is 1260. The molecule has 0 saturated carbocycles. The van der Waals surface area contributed by atoms with Crippen molar-refractivity contribution in [1.82, 2.24) is 18.7 Å². The van der Waals surface area contributed by atoms with E-state index >= 15 is 0 Å². The second kappa shape index (κ2) is 9.43. The highest BCUT2D eigenvalue weighted by atomic mass is 16.5. The normalized spacial score (nSPS) is 15.6. The van der Waals surface area contributed by atoms with Gasteiger partial charge in [-0.1, -0.05) is 18.9 Å². The number of aliphatic hydroxyl groups is 1. The van der Waals surface area contributed by atoms with Crippen LogP contribution in [0.1, 0.15) is 36.8 Å². The third-order valence-electron chi connectivity index (χ3n) is 6.53. The van der Waals surface area contributed by atoms with Crippen molar-refractivity contribution in [3.8, 4) is 5.75 Å². The summed E-state index contributed by atoms with van der Waals surface area (Å²) >= 11 is 0. The average Bonchev–Trinajstić information content (AvgIpc) is 2.97. The minimum absolute atomic E-state index is 0.0771. The van der Waals surface area contributed by atoms with Gasteiger partial charge in [0.25, 0.3) is 5.56 Å². The Morgan fingerprint density at radius 3 is 2.39 bits per heavy atom. The molecule has 0 spiro atoms. The molecule has 4 rings (SSSR count). The summed E-state index contributed by atoms with van der Waals surface area (Å²) in [5, 5.41) is 10.9. The highest BCUT2D eigenvalue weighted by Crippen LogP contribution is 2.24. The number of rotatable bonds is 6. The van der Waals surface area contributed by atoms with Gasteiger partial charge in [0.05, 0.1) is 6.54 Å². The van der Waals surface area contributed by atoms with Crippen LogP contribution >= 0.6 is 0 Å². The molecule has 9 heteroatoms. The zero-order valence-corrected chi connectivity index (χ0v) is 19.9. The lowest BCUT2D eigenvalue weighted by Gasteiger charge is -2.23. The molecule has 178 valence electrons. The van der Waals surface area contributed by atoms with Gasteiger partial charge in [0.1, 0.15) is 18.5 Å². The maximum atomic E-state index is 13.1. The lowest BCUT2D eigenvalue weighted by Crippen LogP contribution is -2.38. The maximum absolute atomic E-state index is 13.1. The minimum atomic E-state index is -0.864. The fourth-order valence-corrected chi connectivity index (χ4v) is 4.38. The van der Waals surface area contributed by atoms with Gasteiger partial charge < -0.3 is 19.3 Å². The van der Waals surface area contributed by atoms with Gasteiger partial charge in [-0.15, -0.1) is 0 Å². The molecule has 1 atom stereocenters. The van der Waals surface area contributed by atoms with Crippen LogP contribution in [-0.4, -0.2) is 49.6 Å². The number of anilines is 1. The van der Waals surface area contributed by atoms with Gasteiger partial charge in [0.15, 0.2) is 11.2 Å². The van der Waals surface area contributed by atoms with E-state index in [-0.39, 0.29) is 13.2 Å². The molecular weight excluding hydrogens is 422 g/mol.